The van der Waals surface area contributed by atoms with Crippen LogP contribution in [-0.2, 0) is 0 Å². The Bertz CT molecular complexity index is 474. The molecule has 0 fully saturated rings. The average molecular weight is 176 g/mol. The van der Waals surface area contributed by atoms with Gasteiger partial charge in [-0.25, -0.2) is 4.68 Å². The van der Waals surface area contributed by atoms with Crippen LogP contribution < -0.4 is 5.73 Å². The minimum Gasteiger partial charge on any atom is -0.508 e. The standard InChI is InChI=1S/C8H8N4O/c9-8(10)12-4-5-1-2-6(13)3-7(5)11-12/h1-4,13H,(H3,9,10). The average Bonchev–Trinajstić information content (AvgIpc) is 2.46. The Morgan fingerprint density at radius 2 is 2.31 bits per heavy atom. The normalized spacial score (nSPS) is 10.5. The largest absolute Gasteiger partial charge is 0.508 e. The molecule has 0 spiro atoms. The molecule has 5 heteroatoms. The molecular weight excluding hydrogens is 168 g/mol. The maximum Gasteiger partial charge on any atom is 0.213 e. The van der Waals surface area contributed by atoms with Crippen molar-refractivity contribution in [1.29, 1.82) is 5.41 Å². The quantitative estimate of drug-likeness (QED) is 0.403. The fourth-order valence-electron chi connectivity index (χ4n) is 1.13. The maximum absolute atomic E-state index is 9.14. The van der Waals surface area contributed by atoms with Gasteiger partial charge in [0.2, 0.25) is 5.96 Å². The van der Waals surface area contributed by atoms with E-state index in [1.54, 1.807) is 18.3 Å². The van der Waals surface area contributed by atoms with Gasteiger partial charge in [0, 0.05) is 17.6 Å². The van der Waals surface area contributed by atoms with Gasteiger partial charge in [-0.1, -0.05) is 0 Å². The highest BCUT2D eigenvalue weighted by Crippen LogP contribution is 2.17. The van der Waals surface area contributed by atoms with E-state index in [4.69, 9.17) is 16.2 Å². The smallest absolute Gasteiger partial charge is 0.213 e. The topological polar surface area (TPSA) is 87.9 Å². The number of hydrogen-bond donors (Lipinski definition) is 3. The van der Waals surface area contributed by atoms with Crippen LogP contribution in [0.25, 0.3) is 10.9 Å². The van der Waals surface area contributed by atoms with Gasteiger partial charge in [-0.15, -0.1) is 0 Å². The number of aromatic hydroxyl groups is 1. The van der Waals surface area contributed by atoms with Gasteiger partial charge in [0.15, 0.2) is 0 Å². The van der Waals surface area contributed by atoms with Crippen molar-refractivity contribution in [2.45, 2.75) is 0 Å². The molecule has 2 aromatic rings. The highest BCUT2D eigenvalue weighted by atomic mass is 16.3. The fourth-order valence-corrected chi connectivity index (χ4v) is 1.13. The van der Waals surface area contributed by atoms with E-state index in [-0.39, 0.29) is 11.7 Å². The molecular formula is C8H8N4O. The molecule has 0 bridgehead atoms. The number of nitrogens with one attached hydrogen (secondary N) is 1. The first kappa shape index (κ1) is 7.60. The molecule has 13 heavy (non-hydrogen) atoms. The van der Waals surface area contributed by atoms with Crippen LogP contribution in [0.5, 0.6) is 5.75 Å². The Kier molecular flexibility index (Phi) is 1.45. The van der Waals surface area contributed by atoms with Gasteiger partial charge in [-0.05, 0) is 12.1 Å². The number of nitrogens with two attached hydrogens (primary N) is 1. The zero-order valence-electron chi connectivity index (χ0n) is 6.73. The molecule has 5 nitrogen and oxygen atoms in total. The highest BCUT2D eigenvalue weighted by molar-refractivity contribution is 5.85. The SMILES string of the molecule is N=C(N)n1cc2ccc(O)cc2n1. The van der Waals surface area contributed by atoms with E-state index in [9.17, 15) is 0 Å². The van der Waals surface area contributed by atoms with Crippen molar-refractivity contribution in [1.82, 2.24) is 9.78 Å². The van der Waals surface area contributed by atoms with Crippen molar-refractivity contribution in [3.63, 3.8) is 0 Å². The number of hydrogen-bond acceptors (Lipinski definition) is 3. The summed E-state index contributed by atoms with van der Waals surface area (Å²) in [4.78, 5) is 0. The summed E-state index contributed by atoms with van der Waals surface area (Å²) in [5.41, 5.74) is 5.86. The van der Waals surface area contributed by atoms with E-state index in [0.717, 1.165) is 5.39 Å². The lowest BCUT2D eigenvalue weighted by molar-refractivity contribution is 0.476. The van der Waals surface area contributed by atoms with Crippen molar-refractivity contribution in [3.8, 4) is 5.75 Å². The fraction of sp³-hybridized carbons (Fsp3) is 0. The predicted octanol–water partition coefficient (Wildman–Crippen LogP) is 0.483. The summed E-state index contributed by atoms with van der Waals surface area (Å²) in [5, 5.41) is 21.1. The second-order valence-electron chi connectivity index (χ2n) is 2.70. The van der Waals surface area contributed by atoms with E-state index in [1.165, 1.54) is 10.7 Å². The molecule has 1 aromatic carbocycles. The van der Waals surface area contributed by atoms with E-state index < -0.39 is 0 Å². The van der Waals surface area contributed by atoms with Crippen LogP contribution in [0.1, 0.15) is 0 Å². The molecule has 0 aliphatic heterocycles. The number of rotatable bonds is 0. The van der Waals surface area contributed by atoms with Crippen molar-refractivity contribution in [3.05, 3.63) is 24.4 Å². The first-order valence-electron chi connectivity index (χ1n) is 3.69. The monoisotopic (exact) mass is 176 g/mol. The molecule has 1 heterocycles. The third-order valence-electron chi connectivity index (χ3n) is 1.74. The van der Waals surface area contributed by atoms with Crippen molar-refractivity contribution in [2.75, 3.05) is 0 Å². The molecule has 0 aliphatic carbocycles. The summed E-state index contributed by atoms with van der Waals surface area (Å²) in [6.45, 7) is 0. The Morgan fingerprint density at radius 3 is 3.00 bits per heavy atom. The molecule has 66 valence electrons. The zero-order chi connectivity index (χ0) is 9.42. The summed E-state index contributed by atoms with van der Waals surface area (Å²) < 4.78 is 1.25. The minimum atomic E-state index is -0.143. The number of benzene rings is 1. The van der Waals surface area contributed by atoms with Gasteiger partial charge in [-0.2, -0.15) is 5.10 Å². The Labute approximate surface area is 73.9 Å². The first-order chi connectivity index (χ1) is 6.16. The number of phenols is 1. The molecule has 0 saturated carbocycles. The van der Waals surface area contributed by atoms with Gasteiger partial charge < -0.3 is 10.8 Å². The molecule has 0 saturated heterocycles. The Morgan fingerprint density at radius 1 is 1.54 bits per heavy atom. The highest BCUT2D eigenvalue weighted by Gasteiger charge is 2.02. The van der Waals surface area contributed by atoms with Crippen LogP contribution >= 0.6 is 0 Å². The summed E-state index contributed by atoms with van der Waals surface area (Å²) in [5.74, 6) is 0.0111. The van der Waals surface area contributed by atoms with Crippen molar-refractivity contribution < 1.29 is 5.11 Å². The molecule has 2 rings (SSSR count). The Hall–Kier alpha value is -2.04. The number of nitrogen functional groups attached to an aromatic ring is 1. The molecule has 0 atom stereocenters. The van der Waals surface area contributed by atoms with Gasteiger partial charge in [-0.3, -0.25) is 5.41 Å². The summed E-state index contributed by atoms with van der Waals surface area (Å²) in [7, 11) is 0. The summed E-state index contributed by atoms with van der Waals surface area (Å²) in [6, 6.07) is 4.81. The molecule has 0 aliphatic rings. The van der Waals surface area contributed by atoms with Gasteiger partial charge >= 0.3 is 0 Å². The van der Waals surface area contributed by atoms with Crippen molar-refractivity contribution in [2.24, 2.45) is 5.73 Å². The van der Waals surface area contributed by atoms with Crippen molar-refractivity contribution >= 4 is 16.9 Å². The van der Waals surface area contributed by atoms with Crippen LogP contribution in [0.4, 0.5) is 0 Å². The maximum atomic E-state index is 9.14. The van der Waals surface area contributed by atoms with Crippen LogP contribution in [0.15, 0.2) is 24.4 Å². The molecule has 1 aromatic heterocycles. The van der Waals surface area contributed by atoms with Gasteiger partial charge in [0.05, 0.1) is 5.52 Å². The summed E-state index contributed by atoms with van der Waals surface area (Å²) >= 11 is 0. The van der Waals surface area contributed by atoms with E-state index in [2.05, 4.69) is 5.10 Å². The second kappa shape index (κ2) is 2.48. The molecule has 0 amide bonds. The lowest BCUT2D eigenvalue weighted by Crippen LogP contribution is -2.20. The van der Waals surface area contributed by atoms with Crippen LogP contribution in [0.3, 0.4) is 0 Å². The zero-order valence-corrected chi connectivity index (χ0v) is 6.73. The van der Waals surface area contributed by atoms with Crippen LogP contribution in [-0.4, -0.2) is 20.8 Å². The van der Waals surface area contributed by atoms with E-state index in [1.807, 2.05) is 0 Å². The molecule has 0 unspecified atom stereocenters. The van der Waals surface area contributed by atoms with E-state index in [0.29, 0.717) is 5.52 Å². The Balaban J connectivity index is 2.68. The number of fused-ring (bicyclic) bond motifs is 1. The second-order valence-corrected chi connectivity index (χ2v) is 2.70. The third kappa shape index (κ3) is 1.20. The lowest BCUT2D eigenvalue weighted by Gasteiger charge is -1.91. The van der Waals surface area contributed by atoms with Crippen LogP contribution in [0, 0.1) is 5.41 Å². The number of aromatic nitrogens is 2. The first-order valence-corrected chi connectivity index (χ1v) is 3.69. The van der Waals surface area contributed by atoms with Crippen LogP contribution in [0.2, 0.25) is 0 Å². The summed E-state index contributed by atoms with van der Waals surface area (Å²) in [6.07, 6.45) is 1.64. The van der Waals surface area contributed by atoms with Gasteiger partial charge in [0.1, 0.15) is 5.75 Å². The third-order valence-corrected chi connectivity index (χ3v) is 1.74. The minimum absolute atomic E-state index is 0.143. The molecule has 4 N–H and O–H groups in total. The predicted molar refractivity (Wildman–Crippen MR) is 48.7 cm³/mol. The van der Waals surface area contributed by atoms with Gasteiger partial charge in [0.25, 0.3) is 0 Å². The van der Waals surface area contributed by atoms with E-state index >= 15 is 0 Å². The number of phenolic OH excluding ortho intramolecular Hbond substituents is 1. The molecule has 0 radical (unpaired) electrons. The lowest BCUT2D eigenvalue weighted by atomic mass is 10.2. The number of nitrogens with zero attached hydrogens (tertiary/aromatic N) is 2.